The molecule has 0 aliphatic rings. The normalized spacial score (nSPS) is 11.4. The first kappa shape index (κ1) is 17.2. The van der Waals surface area contributed by atoms with E-state index in [-0.39, 0.29) is 30.4 Å². The highest BCUT2D eigenvalue weighted by atomic mass is 32.2. The second-order valence-corrected chi connectivity index (χ2v) is 6.64. The van der Waals surface area contributed by atoms with Crippen LogP contribution in [0.25, 0.3) is 0 Å². The zero-order valence-corrected chi connectivity index (χ0v) is 13.3. The molecule has 0 aliphatic carbocycles. The third-order valence-electron chi connectivity index (χ3n) is 3.17. The monoisotopic (exact) mass is 340 g/mol. The summed E-state index contributed by atoms with van der Waals surface area (Å²) in [6, 6.07) is 7.97. The molecule has 0 bridgehead atoms. The van der Waals surface area contributed by atoms with Gasteiger partial charge in [-0.05, 0) is 36.4 Å². The van der Waals surface area contributed by atoms with Crippen LogP contribution in [0.4, 0.5) is 4.39 Å². The number of carbonyl (C=O) groups is 1. The number of sulfonamides is 1. The molecule has 0 fully saturated rings. The zero-order chi connectivity index (χ0) is 16.9. The SMILES string of the molecule is CC(=O)N(CCNS(=O)(=O)c1ccc(F)cc1)Cc1ccco1. The molecule has 0 unspecified atom stereocenters. The highest BCUT2D eigenvalue weighted by molar-refractivity contribution is 7.89. The number of hydrogen-bond acceptors (Lipinski definition) is 4. The minimum absolute atomic E-state index is 0.0284. The Morgan fingerprint density at radius 2 is 1.96 bits per heavy atom. The van der Waals surface area contributed by atoms with Crippen LogP contribution < -0.4 is 4.72 Å². The maximum atomic E-state index is 12.8. The van der Waals surface area contributed by atoms with E-state index >= 15 is 0 Å². The van der Waals surface area contributed by atoms with Crippen LogP contribution in [0.15, 0.2) is 52.0 Å². The van der Waals surface area contributed by atoms with Crippen LogP contribution in [0.2, 0.25) is 0 Å². The Labute approximate surface area is 134 Å². The van der Waals surface area contributed by atoms with E-state index in [4.69, 9.17) is 4.42 Å². The average Bonchev–Trinajstić information content (AvgIpc) is 2.99. The molecule has 0 saturated carbocycles. The topological polar surface area (TPSA) is 79.6 Å². The van der Waals surface area contributed by atoms with Crippen molar-refractivity contribution in [3.63, 3.8) is 0 Å². The van der Waals surface area contributed by atoms with Gasteiger partial charge in [-0.1, -0.05) is 0 Å². The van der Waals surface area contributed by atoms with E-state index < -0.39 is 15.8 Å². The second kappa shape index (κ2) is 7.38. The summed E-state index contributed by atoms with van der Waals surface area (Å²) in [5, 5.41) is 0. The maximum Gasteiger partial charge on any atom is 0.240 e. The Morgan fingerprint density at radius 1 is 1.26 bits per heavy atom. The van der Waals surface area contributed by atoms with Crippen LogP contribution in [0, 0.1) is 5.82 Å². The van der Waals surface area contributed by atoms with Gasteiger partial charge in [0.15, 0.2) is 0 Å². The quantitative estimate of drug-likeness (QED) is 0.833. The van der Waals surface area contributed by atoms with Crippen molar-refractivity contribution >= 4 is 15.9 Å². The molecule has 0 saturated heterocycles. The van der Waals surface area contributed by atoms with Crippen molar-refractivity contribution in [1.82, 2.24) is 9.62 Å². The number of rotatable bonds is 7. The molecule has 0 aliphatic heterocycles. The molecule has 2 aromatic rings. The molecule has 1 heterocycles. The third kappa shape index (κ3) is 4.90. The fraction of sp³-hybridized carbons (Fsp3) is 0.267. The summed E-state index contributed by atoms with van der Waals surface area (Å²) >= 11 is 0. The lowest BCUT2D eigenvalue weighted by Crippen LogP contribution is -2.37. The number of carbonyl (C=O) groups excluding carboxylic acids is 1. The van der Waals surface area contributed by atoms with E-state index in [1.807, 2.05) is 0 Å². The van der Waals surface area contributed by atoms with Crippen molar-refractivity contribution < 1.29 is 22.0 Å². The van der Waals surface area contributed by atoms with Crippen LogP contribution >= 0.6 is 0 Å². The highest BCUT2D eigenvalue weighted by Gasteiger charge is 2.16. The number of furan rings is 1. The van der Waals surface area contributed by atoms with Crippen LogP contribution in [-0.2, 0) is 21.4 Å². The van der Waals surface area contributed by atoms with Crippen LogP contribution in [0.5, 0.6) is 0 Å². The molecule has 1 aromatic heterocycles. The van der Waals surface area contributed by atoms with E-state index in [1.54, 1.807) is 12.1 Å². The van der Waals surface area contributed by atoms with Gasteiger partial charge in [-0.15, -0.1) is 0 Å². The Hall–Kier alpha value is -2.19. The molecule has 0 radical (unpaired) electrons. The van der Waals surface area contributed by atoms with Gasteiger partial charge in [0.05, 0.1) is 17.7 Å². The molecular weight excluding hydrogens is 323 g/mol. The van der Waals surface area contributed by atoms with Gasteiger partial charge in [0.2, 0.25) is 15.9 Å². The smallest absolute Gasteiger partial charge is 0.240 e. The first-order valence-corrected chi connectivity index (χ1v) is 8.40. The van der Waals surface area contributed by atoms with Crippen molar-refractivity contribution in [1.29, 1.82) is 0 Å². The lowest BCUT2D eigenvalue weighted by atomic mass is 10.4. The van der Waals surface area contributed by atoms with E-state index in [1.165, 1.54) is 30.2 Å². The van der Waals surface area contributed by atoms with Crippen LogP contribution in [0.3, 0.4) is 0 Å². The Kier molecular flexibility index (Phi) is 5.51. The van der Waals surface area contributed by atoms with E-state index in [0.717, 1.165) is 12.1 Å². The van der Waals surface area contributed by atoms with Gasteiger partial charge >= 0.3 is 0 Å². The number of nitrogens with one attached hydrogen (secondary N) is 1. The predicted octanol–water partition coefficient (Wildman–Crippen LogP) is 1.75. The molecular formula is C15H17FN2O4S. The molecule has 1 N–H and O–H groups in total. The lowest BCUT2D eigenvalue weighted by Gasteiger charge is -2.20. The third-order valence-corrected chi connectivity index (χ3v) is 4.65. The summed E-state index contributed by atoms with van der Waals surface area (Å²) in [4.78, 5) is 13.0. The first-order chi connectivity index (χ1) is 10.9. The van der Waals surface area contributed by atoms with Crippen molar-refractivity contribution in [3.05, 3.63) is 54.2 Å². The summed E-state index contributed by atoms with van der Waals surface area (Å²) < 4.78 is 44.5. The number of hydrogen-bond donors (Lipinski definition) is 1. The summed E-state index contributed by atoms with van der Waals surface area (Å²) in [5.41, 5.74) is 0. The van der Waals surface area contributed by atoms with Gasteiger partial charge < -0.3 is 9.32 Å². The fourth-order valence-electron chi connectivity index (χ4n) is 1.95. The molecule has 124 valence electrons. The lowest BCUT2D eigenvalue weighted by molar-refractivity contribution is -0.129. The Bertz CT molecular complexity index is 742. The summed E-state index contributed by atoms with van der Waals surface area (Å²) in [6.07, 6.45) is 1.50. The van der Waals surface area contributed by atoms with Crippen LogP contribution in [0.1, 0.15) is 12.7 Å². The van der Waals surface area contributed by atoms with Crippen molar-refractivity contribution in [3.8, 4) is 0 Å². The summed E-state index contributed by atoms with van der Waals surface area (Å²) in [6.45, 7) is 1.90. The molecule has 1 amide bonds. The molecule has 8 heteroatoms. The Morgan fingerprint density at radius 3 is 2.52 bits per heavy atom. The molecule has 23 heavy (non-hydrogen) atoms. The second-order valence-electron chi connectivity index (χ2n) is 4.87. The van der Waals surface area contributed by atoms with E-state index in [9.17, 15) is 17.6 Å². The average molecular weight is 340 g/mol. The van der Waals surface area contributed by atoms with Gasteiger partial charge in [0.25, 0.3) is 0 Å². The van der Waals surface area contributed by atoms with Crippen molar-refractivity contribution in [2.24, 2.45) is 0 Å². The Balaban J connectivity index is 1.93. The largest absolute Gasteiger partial charge is 0.467 e. The van der Waals surface area contributed by atoms with Crippen LogP contribution in [-0.4, -0.2) is 32.3 Å². The van der Waals surface area contributed by atoms with Gasteiger partial charge in [-0.2, -0.15) is 0 Å². The number of nitrogens with zero attached hydrogens (tertiary/aromatic N) is 1. The molecule has 0 atom stereocenters. The number of halogens is 1. The molecule has 6 nitrogen and oxygen atoms in total. The predicted molar refractivity (Wildman–Crippen MR) is 81.4 cm³/mol. The molecule has 2 rings (SSSR count). The van der Waals surface area contributed by atoms with E-state index in [0.29, 0.717) is 5.76 Å². The summed E-state index contributed by atoms with van der Waals surface area (Å²) in [5.74, 6) is -0.0888. The van der Waals surface area contributed by atoms with Gasteiger partial charge in [0.1, 0.15) is 11.6 Å². The highest BCUT2D eigenvalue weighted by Crippen LogP contribution is 2.10. The van der Waals surface area contributed by atoms with E-state index in [2.05, 4.69) is 4.72 Å². The molecule has 0 spiro atoms. The standard InChI is InChI=1S/C15H17FN2O4S/c1-12(19)18(11-14-3-2-10-22-14)9-8-17-23(20,21)15-6-4-13(16)5-7-15/h2-7,10,17H,8-9,11H2,1H3. The maximum absolute atomic E-state index is 12.8. The minimum atomic E-state index is -3.74. The zero-order valence-electron chi connectivity index (χ0n) is 12.5. The summed E-state index contributed by atoms with van der Waals surface area (Å²) in [7, 11) is -3.74. The minimum Gasteiger partial charge on any atom is -0.467 e. The van der Waals surface area contributed by atoms with Gasteiger partial charge in [0, 0.05) is 20.0 Å². The van der Waals surface area contributed by atoms with Crippen molar-refractivity contribution in [2.45, 2.75) is 18.4 Å². The molecule has 1 aromatic carbocycles. The van der Waals surface area contributed by atoms with Crippen molar-refractivity contribution in [2.75, 3.05) is 13.1 Å². The number of amides is 1. The number of benzene rings is 1. The fourth-order valence-corrected chi connectivity index (χ4v) is 2.97. The first-order valence-electron chi connectivity index (χ1n) is 6.91. The van der Waals surface area contributed by atoms with Gasteiger partial charge in [-0.25, -0.2) is 17.5 Å². The van der Waals surface area contributed by atoms with Gasteiger partial charge in [-0.3, -0.25) is 4.79 Å².